The number of fused-ring (bicyclic) bond motifs is 2. The number of allylic oxidation sites excluding steroid dienone is 5. The summed E-state index contributed by atoms with van der Waals surface area (Å²) in [6.45, 7) is 0. The van der Waals surface area contributed by atoms with Crippen molar-refractivity contribution in [3.05, 3.63) is 64.0 Å². The number of rotatable bonds is 0. The summed E-state index contributed by atoms with van der Waals surface area (Å²) in [4.78, 5) is 0. The molecule has 0 bridgehead atoms. The summed E-state index contributed by atoms with van der Waals surface area (Å²) in [5.74, 6) is 0.105. The zero-order valence-corrected chi connectivity index (χ0v) is 9.59. The van der Waals surface area contributed by atoms with E-state index in [0.29, 0.717) is 6.42 Å². The summed E-state index contributed by atoms with van der Waals surface area (Å²) in [6, 6.07) is 5.13. The Labute approximate surface area is 104 Å². The molecular formula is C15H12O3. The first-order chi connectivity index (χ1) is 8.65. The molecule has 0 fully saturated rings. The van der Waals surface area contributed by atoms with Gasteiger partial charge in [0.1, 0.15) is 11.5 Å². The normalized spacial score (nSPS) is 17.6. The molecule has 0 radical (unpaired) electrons. The number of aliphatic hydroxyl groups is 2. The van der Waals surface area contributed by atoms with Crippen LogP contribution in [0.1, 0.15) is 6.42 Å². The van der Waals surface area contributed by atoms with Crippen LogP contribution in [0, 0.1) is 0 Å². The van der Waals surface area contributed by atoms with Gasteiger partial charge in [-0.3, -0.25) is 0 Å². The Morgan fingerprint density at radius 3 is 2.72 bits per heavy atom. The van der Waals surface area contributed by atoms with Crippen LogP contribution in [0.4, 0.5) is 0 Å². The van der Waals surface area contributed by atoms with Crippen molar-refractivity contribution < 1.29 is 15.3 Å². The lowest BCUT2D eigenvalue weighted by Crippen LogP contribution is -2.27. The molecule has 1 aromatic rings. The summed E-state index contributed by atoms with van der Waals surface area (Å²) in [5, 5.41) is 30.6. The van der Waals surface area contributed by atoms with Crippen LogP contribution in [0.5, 0.6) is 5.75 Å². The Hall–Kier alpha value is -2.42. The predicted molar refractivity (Wildman–Crippen MR) is 69.4 cm³/mol. The number of benzene rings is 1. The third kappa shape index (κ3) is 1.61. The van der Waals surface area contributed by atoms with E-state index < -0.39 is 0 Å². The van der Waals surface area contributed by atoms with E-state index in [9.17, 15) is 15.3 Å². The van der Waals surface area contributed by atoms with Crippen LogP contribution in [0.2, 0.25) is 0 Å². The molecule has 18 heavy (non-hydrogen) atoms. The number of aliphatic hydroxyl groups excluding tert-OH is 2. The standard InChI is InChI=1S/C15H12O3/c16-11-4-5-12-9(6-11)2-1-3-10-7-14(17)15(18)8-13(10)12/h1-7,16-18H,8H2. The van der Waals surface area contributed by atoms with Gasteiger partial charge in [0, 0.05) is 6.42 Å². The molecule has 0 aromatic heterocycles. The Balaban J connectivity index is 2.37. The lowest BCUT2D eigenvalue weighted by molar-refractivity contribution is 0.330. The van der Waals surface area contributed by atoms with Crippen LogP contribution in [0.25, 0.3) is 11.6 Å². The van der Waals surface area contributed by atoms with Gasteiger partial charge >= 0.3 is 0 Å². The molecule has 0 saturated carbocycles. The predicted octanol–water partition coefficient (Wildman–Crippen LogP) is 1.55. The van der Waals surface area contributed by atoms with E-state index in [1.165, 1.54) is 0 Å². The Bertz CT molecular complexity index is 733. The minimum Gasteiger partial charge on any atom is -0.508 e. The topological polar surface area (TPSA) is 60.7 Å². The van der Waals surface area contributed by atoms with Crippen LogP contribution in [0.3, 0.4) is 0 Å². The first-order valence-electron chi connectivity index (χ1n) is 5.69. The molecule has 0 amide bonds. The molecule has 2 aliphatic rings. The van der Waals surface area contributed by atoms with Gasteiger partial charge in [-0.2, -0.15) is 0 Å². The number of phenolic OH excluding ortho intramolecular Hbond substituents is 1. The highest BCUT2D eigenvalue weighted by Gasteiger charge is 2.17. The second-order valence-electron chi connectivity index (χ2n) is 4.38. The van der Waals surface area contributed by atoms with Gasteiger partial charge in [-0.25, -0.2) is 0 Å². The van der Waals surface area contributed by atoms with Gasteiger partial charge in [0.05, 0.1) is 0 Å². The zero-order chi connectivity index (χ0) is 12.7. The summed E-state index contributed by atoms with van der Waals surface area (Å²) in [6.07, 6.45) is 7.51. The lowest BCUT2D eigenvalue weighted by Gasteiger charge is -2.14. The molecule has 1 aromatic carbocycles. The van der Waals surface area contributed by atoms with Gasteiger partial charge in [0.15, 0.2) is 5.76 Å². The number of phenols is 1. The molecule has 3 nitrogen and oxygen atoms in total. The molecule has 0 atom stereocenters. The highest BCUT2D eigenvalue weighted by Crippen LogP contribution is 2.27. The molecule has 0 spiro atoms. The monoisotopic (exact) mass is 240 g/mol. The number of aromatic hydroxyl groups is 1. The first kappa shape index (κ1) is 10.7. The van der Waals surface area contributed by atoms with Gasteiger partial charge in [0.25, 0.3) is 0 Å². The Morgan fingerprint density at radius 2 is 1.89 bits per heavy atom. The minimum absolute atomic E-state index is 0.0249. The summed E-state index contributed by atoms with van der Waals surface area (Å²) in [5.41, 5.74) is 1.83. The molecule has 3 N–H and O–H groups in total. The molecular weight excluding hydrogens is 228 g/mol. The molecule has 0 heterocycles. The number of hydrogen-bond acceptors (Lipinski definition) is 3. The van der Waals surface area contributed by atoms with Gasteiger partial charge in [-0.05, 0) is 39.8 Å². The zero-order valence-electron chi connectivity index (χ0n) is 9.59. The quantitative estimate of drug-likeness (QED) is 0.644. The van der Waals surface area contributed by atoms with Crippen molar-refractivity contribution >= 4 is 11.6 Å². The van der Waals surface area contributed by atoms with E-state index in [1.54, 1.807) is 18.2 Å². The fourth-order valence-electron chi connectivity index (χ4n) is 2.30. The molecule has 2 aliphatic carbocycles. The van der Waals surface area contributed by atoms with Crippen LogP contribution < -0.4 is 10.4 Å². The van der Waals surface area contributed by atoms with Gasteiger partial charge in [0.2, 0.25) is 0 Å². The average molecular weight is 240 g/mol. The molecule has 90 valence electrons. The minimum atomic E-state index is -0.0828. The molecule has 0 unspecified atom stereocenters. The van der Waals surface area contributed by atoms with Gasteiger partial charge < -0.3 is 15.3 Å². The molecule has 3 heteroatoms. The van der Waals surface area contributed by atoms with E-state index in [1.807, 2.05) is 24.3 Å². The SMILES string of the molecule is OC1=C(O)CC2=c3ccc(O)cc3=CC=CC2=C1. The second kappa shape index (κ2) is 3.81. The maximum atomic E-state index is 9.67. The van der Waals surface area contributed by atoms with Crippen LogP contribution in [-0.4, -0.2) is 15.3 Å². The van der Waals surface area contributed by atoms with Crippen molar-refractivity contribution in [3.63, 3.8) is 0 Å². The smallest absolute Gasteiger partial charge is 0.153 e. The summed E-state index contributed by atoms with van der Waals surface area (Å²) < 4.78 is 0. The van der Waals surface area contributed by atoms with Crippen LogP contribution in [-0.2, 0) is 0 Å². The van der Waals surface area contributed by atoms with E-state index in [2.05, 4.69) is 0 Å². The van der Waals surface area contributed by atoms with Crippen LogP contribution in [0.15, 0.2) is 53.5 Å². The highest BCUT2D eigenvalue weighted by atomic mass is 16.3. The van der Waals surface area contributed by atoms with Crippen molar-refractivity contribution in [1.29, 1.82) is 0 Å². The summed E-state index contributed by atoms with van der Waals surface area (Å²) >= 11 is 0. The first-order valence-corrected chi connectivity index (χ1v) is 5.69. The van der Waals surface area contributed by atoms with E-state index in [-0.39, 0.29) is 17.3 Å². The van der Waals surface area contributed by atoms with Crippen molar-refractivity contribution in [2.75, 3.05) is 0 Å². The highest BCUT2D eigenvalue weighted by molar-refractivity contribution is 5.75. The third-order valence-corrected chi connectivity index (χ3v) is 3.19. The molecule has 0 saturated heterocycles. The van der Waals surface area contributed by atoms with Crippen LogP contribution >= 0.6 is 0 Å². The van der Waals surface area contributed by atoms with Crippen molar-refractivity contribution in [1.82, 2.24) is 0 Å². The van der Waals surface area contributed by atoms with Crippen molar-refractivity contribution in [3.8, 4) is 5.75 Å². The van der Waals surface area contributed by atoms with Crippen molar-refractivity contribution in [2.45, 2.75) is 6.42 Å². The molecule has 0 aliphatic heterocycles. The Kier molecular flexibility index (Phi) is 2.27. The van der Waals surface area contributed by atoms with E-state index >= 15 is 0 Å². The Morgan fingerprint density at radius 1 is 1.06 bits per heavy atom. The third-order valence-electron chi connectivity index (χ3n) is 3.19. The van der Waals surface area contributed by atoms with Gasteiger partial charge in [-0.15, -0.1) is 0 Å². The fourth-order valence-corrected chi connectivity index (χ4v) is 2.30. The number of hydrogen-bond donors (Lipinski definition) is 3. The second-order valence-corrected chi connectivity index (χ2v) is 4.38. The van der Waals surface area contributed by atoms with E-state index in [0.717, 1.165) is 21.6 Å². The average Bonchev–Trinajstić information content (AvgIpc) is 2.49. The van der Waals surface area contributed by atoms with Crippen molar-refractivity contribution in [2.24, 2.45) is 0 Å². The maximum Gasteiger partial charge on any atom is 0.153 e. The lowest BCUT2D eigenvalue weighted by atomic mass is 9.94. The summed E-state index contributed by atoms with van der Waals surface area (Å²) in [7, 11) is 0. The fraction of sp³-hybridized carbons (Fsp3) is 0.0667. The maximum absolute atomic E-state index is 9.67. The van der Waals surface area contributed by atoms with E-state index in [4.69, 9.17) is 0 Å². The van der Waals surface area contributed by atoms with Gasteiger partial charge in [-0.1, -0.05) is 24.3 Å². The largest absolute Gasteiger partial charge is 0.508 e. The molecule has 3 rings (SSSR count).